The number of piperazine rings is 1. The van der Waals surface area contributed by atoms with E-state index in [4.69, 9.17) is 15.3 Å². The maximum absolute atomic E-state index is 13.3. The number of amides is 2. The lowest BCUT2D eigenvalue weighted by Crippen LogP contribution is -2.47. The number of halogens is 3. The molecule has 16 heteroatoms. The van der Waals surface area contributed by atoms with Gasteiger partial charge in [0.1, 0.15) is 12.1 Å². The molecule has 0 aliphatic carbocycles. The average molecular weight is 696 g/mol. The van der Waals surface area contributed by atoms with Crippen molar-refractivity contribution in [3.8, 4) is 0 Å². The lowest BCUT2D eigenvalue weighted by Gasteiger charge is -2.36. The number of fused-ring (bicyclic) bond motifs is 2. The Kier molecular flexibility index (Phi) is 13.1. The smallest absolute Gasteiger partial charge is 0.416 e. The molecule has 4 heterocycles. The lowest BCUT2D eigenvalue weighted by atomic mass is 10.1. The molecule has 3 saturated heterocycles. The number of nitrogens with one attached hydrogen (secondary N) is 2. The van der Waals surface area contributed by atoms with E-state index in [1.165, 1.54) is 23.9 Å². The Hall–Kier alpha value is -3.86. The number of hydrogen-bond acceptors (Lipinski definition) is 9. The maximum atomic E-state index is 13.3. The van der Waals surface area contributed by atoms with Crippen molar-refractivity contribution in [1.82, 2.24) is 20.4 Å². The van der Waals surface area contributed by atoms with Crippen LogP contribution in [0.3, 0.4) is 0 Å². The first kappa shape index (κ1) is 37.0. The zero-order valence-electron chi connectivity index (χ0n) is 26.2. The molecule has 0 aromatic heterocycles. The number of nitrogens with zero attached hydrogens (tertiary/aromatic N) is 3. The first-order valence-corrected chi connectivity index (χ1v) is 16.5. The molecule has 0 spiro atoms. The zero-order valence-corrected chi connectivity index (χ0v) is 27.1. The summed E-state index contributed by atoms with van der Waals surface area (Å²) in [6.45, 7) is 6.29. The van der Waals surface area contributed by atoms with Gasteiger partial charge in [0, 0.05) is 61.9 Å². The molecule has 0 saturated carbocycles. The molecule has 262 valence electrons. The van der Waals surface area contributed by atoms with E-state index in [-0.39, 0.29) is 18.4 Å². The third kappa shape index (κ3) is 10.3. The van der Waals surface area contributed by atoms with Crippen LogP contribution in [0.2, 0.25) is 0 Å². The van der Waals surface area contributed by atoms with Crippen molar-refractivity contribution in [3.05, 3.63) is 48.0 Å². The molecule has 48 heavy (non-hydrogen) atoms. The number of para-hydroxylation sites is 1. The molecule has 6 rings (SSSR count). The number of alkyl halides is 3. The molecule has 12 nitrogen and oxygen atoms in total. The highest BCUT2D eigenvalue weighted by Gasteiger charge is 2.33. The van der Waals surface area contributed by atoms with E-state index in [0.29, 0.717) is 44.5 Å². The summed E-state index contributed by atoms with van der Waals surface area (Å²) in [5.41, 5.74) is 1.01. The number of anilines is 2. The van der Waals surface area contributed by atoms with Gasteiger partial charge < -0.3 is 35.8 Å². The van der Waals surface area contributed by atoms with Gasteiger partial charge in [0.25, 0.3) is 0 Å². The first-order valence-electron chi connectivity index (χ1n) is 15.7. The molecule has 2 amide bonds. The summed E-state index contributed by atoms with van der Waals surface area (Å²) in [5.74, 6) is -2.22. The molecule has 3 fully saturated rings. The van der Waals surface area contributed by atoms with Gasteiger partial charge in [0.15, 0.2) is 0 Å². The fourth-order valence-corrected chi connectivity index (χ4v) is 6.75. The second-order valence-electron chi connectivity index (χ2n) is 11.7. The van der Waals surface area contributed by atoms with Crippen LogP contribution in [-0.2, 0) is 25.4 Å². The molecule has 0 unspecified atom stereocenters. The van der Waals surface area contributed by atoms with Crippen molar-refractivity contribution < 1.29 is 47.7 Å². The second-order valence-corrected chi connectivity index (χ2v) is 12.7. The van der Waals surface area contributed by atoms with Gasteiger partial charge in [-0.2, -0.15) is 13.2 Å². The molecule has 2 atom stereocenters. The Morgan fingerprint density at radius 2 is 1.33 bits per heavy atom. The summed E-state index contributed by atoms with van der Waals surface area (Å²) in [6, 6.07) is 10.7. The minimum atomic E-state index is -4.35. The van der Waals surface area contributed by atoms with Crippen LogP contribution in [-0.4, -0.2) is 113 Å². The number of carboxylic acids is 2. The Morgan fingerprint density at radius 3 is 1.81 bits per heavy atom. The average Bonchev–Trinajstić information content (AvgIpc) is 3.70. The number of carbonyl (C=O) groups is 4. The van der Waals surface area contributed by atoms with Crippen molar-refractivity contribution in [2.24, 2.45) is 0 Å². The van der Waals surface area contributed by atoms with Crippen LogP contribution in [0.4, 0.5) is 24.5 Å². The molecule has 0 radical (unpaired) electrons. The summed E-state index contributed by atoms with van der Waals surface area (Å²) in [6.07, 6.45) is -1.94. The van der Waals surface area contributed by atoms with Gasteiger partial charge in [0.05, 0.1) is 23.5 Å². The van der Waals surface area contributed by atoms with Crippen LogP contribution in [0.25, 0.3) is 0 Å². The van der Waals surface area contributed by atoms with E-state index in [9.17, 15) is 32.3 Å². The first-order chi connectivity index (χ1) is 22.8. The van der Waals surface area contributed by atoms with Gasteiger partial charge >= 0.3 is 18.1 Å². The van der Waals surface area contributed by atoms with E-state index >= 15 is 0 Å². The number of aliphatic carboxylic acids is 2. The zero-order chi connectivity index (χ0) is 34.8. The Labute approximate surface area is 280 Å². The molecule has 4 aliphatic heterocycles. The van der Waals surface area contributed by atoms with E-state index in [0.717, 1.165) is 54.6 Å². The largest absolute Gasteiger partial charge is 0.480 e. The summed E-state index contributed by atoms with van der Waals surface area (Å²) in [4.78, 5) is 49.7. The van der Waals surface area contributed by atoms with E-state index in [1.54, 1.807) is 6.07 Å². The third-order valence-corrected chi connectivity index (χ3v) is 9.41. The van der Waals surface area contributed by atoms with Crippen LogP contribution in [0.1, 0.15) is 37.7 Å². The van der Waals surface area contributed by atoms with Crippen molar-refractivity contribution in [1.29, 1.82) is 0 Å². The van der Waals surface area contributed by atoms with Gasteiger partial charge in [-0.1, -0.05) is 23.9 Å². The number of carbonyl (C=O) groups excluding carboxylic acids is 2. The van der Waals surface area contributed by atoms with Crippen molar-refractivity contribution >= 4 is 46.9 Å². The number of carboxylic acid groups (broad SMARTS) is 2. The SMILES string of the molecule is O=C1CC[C@@H](C(=O)O)N1.O=C1CC[C@@H](C(=O)O)N1.OCCN1CCN(CCCN2c3ccccc3Sc3ccc(C(F)(F)F)cc32)CC1. The van der Waals surface area contributed by atoms with Crippen molar-refractivity contribution in [2.75, 3.05) is 57.3 Å². The van der Waals surface area contributed by atoms with Gasteiger partial charge in [-0.05, 0) is 56.1 Å². The van der Waals surface area contributed by atoms with E-state index < -0.39 is 35.8 Å². The quantitative estimate of drug-likeness (QED) is 0.276. The molecule has 4 aliphatic rings. The van der Waals surface area contributed by atoms with Crippen LogP contribution >= 0.6 is 11.8 Å². The van der Waals surface area contributed by atoms with Crippen LogP contribution in [0, 0.1) is 0 Å². The van der Waals surface area contributed by atoms with Gasteiger partial charge in [-0.15, -0.1) is 0 Å². The maximum Gasteiger partial charge on any atom is 0.416 e. The predicted molar refractivity (Wildman–Crippen MR) is 171 cm³/mol. The van der Waals surface area contributed by atoms with Gasteiger partial charge in [-0.25, -0.2) is 9.59 Å². The normalized spacial score (nSPS) is 20.7. The fourth-order valence-electron chi connectivity index (χ4n) is 5.68. The van der Waals surface area contributed by atoms with Crippen molar-refractivity contribution in [2.45, 2.75) is 60.2 Å². The second kappa shape index (κ2) is 17.0. The number of benzene rings is 2. The van der Waals surface area contributed by atoms with Gasteiger partial charge in [-0.3, -0.25) is 14.5 Å². The number of rotatable bonds is 8. The molecule has 2 aromatic carbocycles. The highest BCUT2D eigenvalue weighted by Crippen LogP contribution is 2.49. The van der Waals surface area contributed by atoms with Crippen molar-refractivity contribution in [3.63, 3.8) is 0 Å². The minimum Gasteiger partial charge on any atom is -0.480 e. The molecular formula is C32H40F3N5O7S. The topological polar surface area (TPSA) is 163 Å². The lowest BCUT2D eigenvalue weighted by molar-refractivity contribution is -0.140. The Morgan fingerprint density at radius 1 is 0.792 bits per heavy atom. The summed E-state index contributed by atoms with van der Waals surface area (Å²) in [5, 5.41) is 30.3. The standard InChI is InChI=1S/C22H26F3N3OS.2C5H7NO3/c23-22(24,25)17-6-7-21-19(16-17)28(18-4-1-2-5-20(18)30-21)9-3-8-26-10-12-27(13-11-26)14-15-29;2*7-4-2-1-3(6-4)5(8)9/h1-2,4-7,16,29H,3,8-15H2;2*3H,1-2H2,(H,6,7)(H,8,9)/t;2*3-/m.00/s1. The summed E-state index contributed by atoms with van der Waals surface area (Å²) in [7, 11) is 0. The fraction of sp³-hybridized carbons (Fsp3) is 0.500. The van der Waals surface area contributed by atoms with Crippen LogP contribution in [0.15, 0.2) is 52.3 Å². The highest BCUT2D eigenvalue weighted by molar-refractivity contribution is 7.99. The molecule has 5 N–H and O–H groups in total. The molecule has 0 bridgehead atoms. The summed E-state index contributed by atoms with van der Waals surface area (Å²) >= 11 is 1.53. The predicted octanol–water partition coefficient (Wildman–Crippen LogP) is 3.01. The number of aliphatic hydroxyl groups is 1. The summed E-state index contributed by atoms with van der Waals surface area (Å²) < 4.78 is 39.9. The Balaban J connectivity index is 0.000000234. The number of hydrogen-bond donors (Lipinski definition) is 5. The van der Waals surface area contributed by atoms with E-state index in [1.807, 2.05) is 29.2 Å². The third-order valence-electron chi connectivity index (χ3n) is 8.28. The molecular weight excluding hydrogens is 655 g/mol. The molecule has 2 aromatic rings. The highest BCUT2D eigenvalue weighted by atomic mass is 32.2. The van der Waals surface area contributed by atoms with E-state index in [2.05, 4.69) is 20.4 Å². The van der Waals surface area contributed by atoms with Crippen LogP contribution in [0.5, 0.6) is 0 Å². The minimum absolute atomic E-state index is 0.164. The Bertz CT molecular complexity index is 1420. The van der Waals surface area contributed by atoms with Gasteiger partial charge in [0.2, 0.25) is 11.8 Å². The van der Waals surface area contributed by atoms with Crippen LogP contribution < -0.4 is 15.5 Å². The number of β-amino-alcohol motifs (C(OH)–C–C–N with tert-alkyl or cyclic N) is 1. The number of aliphatic hydroxyl groups excluding tert-OH is 1. The monoisotopic (exact) mass is 695 g/mol.